The maximum absolute atomic E-state index is 11.1. The Balaban J connectivity index is 0.00000180. The molecular weight excluding hydrogens is 244 g/mol. The number of nitrogens with zero attached hydrogens (tertiary/aromatic N) is 1. The van der Waals surface area contributed by atoms with Crippen LogP contribution in [0.5, 0.6) is 5.75 Å². The van der Waals surface area contributed by atoms with E-state index in [1.54, 1.807) is 13.1 Å². The highest BCUT2D eigenvalue weighted by Crippen LogP contribution is 2.18. The van der Waals surface area contributed by atoms with Gasteiger partial charge in [-0.05, 0) is 31.2 Å². The van der Waals surface area contributed by atoms with E-state index in [0.29, 0.717) is 13.2 Å². The van der Waals surface area contributed by atoms with Crippen molar-refractivity contribution in [1.82, 2.24) is 11.1 Å². The van der Waals surface area contributed by atoms with Crippen molar-refractivity contribution in [1.29, 1.82) is 0 Å². The molecule has 0 unspecified atom stereocenters. The van der Waals surface area contributed by atoms with Crippen LogP contribution >= 0.6 is 0 Å². The van der Waals surface area contributed by atoms with Gasteiger partial charge in [0.05, 0.1) is 25.2 Å². The normalized spacial score (nSPS) is 9.74. The monoisotopic (exact) mass is 262 g/mol. The van der Waals surface area contributed by atoms with Crippen molar-refractivity contribution in [2.45, 2.75) is 13.3 Å². The molecule has 0 radical (unpaired) electrons. The minimum atomic E-state index is -0.236. The lowest BCUT2D eigenvalue weighted by Gasteiger charge is -2.06. The molecule has 102 valence electrons. The molecule has 1 aromatic heterocycles. The van der Waals surface area contributed by atoms with Crippen LogP contribution in [-0.4, -0.2) is 24.2 Å². The first-order valence-electron chi connectivity index (χ1n) is 5.93. The molecule has 2 rings (SSSR count). The summed E-state index contributed by atoms with van der Waals surface area (Å²) < 4.78 is 10.3. The van der Waals surface area contributed by atoms with Crippen molar-refractivity contribution in [3.8, 4) is 5.75 Å². The molecule has 3 N–H and O–H groups in total. The van der Waals surface area contributed by atoms with Crippen LogP contribution in [-0.2, 0) is 9.53 Å². The molecule has 0 aliphatic rings. The summed E-state index contributed by atoms with van der Waals surface area (Å²) in [5.74, 6) is 0.500. The van der Waals surface area contributed by atoms with Crippen molar-refractivity contribution < 1.29 is 14.3 Å². The largest absolute Gasteiger partial charge is 0.493 e. The van der Waals surface area contributed by atoms with Crippen molar-refractivity contribution in [2.24, 2.45) is 0 Å². The SMILES string of the molecule is CCOC(=O)CCOc1ccc2ncccc2c1.N. The average molecular weight is 262 g/mol. The number of aromatic nitrogens is 1. The van der Waals surface area contributed by atoms with E-state index < -0.39 is 0 Å². The molecule has 0 aliphatic carbocycles. The summed E-state index contributed by atoms with van der Waals surface area (Å²) >= 11 is 0. The maximum atomic E-state index is 11.1. The van der Waals surface area contributed by atoms with E-state index in [4.69, 9.17) is 9.47 Å². The molecule has 2 aromatic rings. The molecule has 1 heterocycles. The van der Waals surface area contributed by atoms with Gasteiger partial charge in [0.1, 0.15) is 5.75 Å². The van der Waals surface area contributed by atoms with Crippen LogP contribution in [0.1, 0.15) is 13.3 Å². The molecule has 0 aliphatic heterocycles. The van der Waals surface area contributed by atoms with E-state index in [9.17, 15) is 4.79 Å². The van der Waals surface area contributed by atoms with E-state index >= 15 is 0 Å². The van der Waals surface area contributed by atoms with Crippen LogP contribution < -0.4 is 10.9 Å². The number of carbonyl (C=O) groups is 1. The summed E-state index contributed by atoms with van der Waals surface area (Å²) in [6.07, 6.45) is 2.02. The van der Waals surface area contributed by atoms with Crippen LogP contribution in [0.25, 0.3) is 10.9 Å². The molecule has 0 saturated carbocycles. The first-order valence-corrected chi connectivity index (χ1v) is 5.93. The van der Waals surface area contributed by atoms with Crippen LogP contribution in [0.15, 0.2) is 36.5 Å². The maximum Gasteiger partial charge on any atom is 0.309 e. The lowest BCUT2D eigenvalue weighted by atomic mass is 10.2. The van der Waals surface area contributed by atoms with Crippen LogP contribution in [0.3, 0.4) is 0 Å². The second kappa shape index (κ2) is 7.33. The fourth-order valence-corrected chi connectivity index (χ4v) is 1.63. The van der Waals surface area contributed by atoms with Crippen LogP contribution in [0.4, 0.5) is 0 Å². The molecule has 0 atom stereocenters. The van der Waals surface area contributed by atoms with Gasteiger partial charge < -0.3 is 15.6 Å². The Labute approximate surface area is 112 Å². The predicted molar refractivity (Wildman–Crippen MR) is 73.5 cm³/mol. The summed E-state index contributed by atoms with van der Waals surface area (Å²) in [5.41, 5.74) is 0.926. The first-order chi connectivity index (χ1) is 8.79. The van der Waals surface area contributed by atoms with E-state index in [1.807, 2.05) is 30.3 Å². The van der Waals surface area contributed by atoms with Gasteiger partial charge in [0.2, 0.25) is 0 Å². The van der Waals surface area contributed by atoms with Crippen LogP contribution in [0, 0.1) is 0 Å². The number of hydrogen-bond acceptors (Lipinski definition) is 5. The summed E-state index contributed by atoms with van der Waals surface area (Å²) in [4.78, 5) is 15.4. The molecule has 0 fully saturated rings. The van der Waals surface area contributed by atoms with E-state index in [2.05, 4.69) is 4.98 Å². The Bertz CT molecular complexity index is 543. The molecular formula is C14H18N2O3. The molecule has 19 heavy (non-hydrogen) atoms. The number of benzene rings is 1. The highest BCUT2D eigenvalue weighted by Gasteiger charge is 2.02. The smallest absolute Gasteiger partial charge is 0.309 e. The molecule has 0 bridgehead atoms. The summed E-state index contributed by atoms with van der Waals surface area (Å²) in [5, 5.41) is 1.02. The van der Waals surface area contributed by atoms with Gasteiger partial charge in [-0.25, -0.2) is 0 Å². The molecule has 5 heteroatoms. The van der Waals surface area contributed by atoms with E-state index in [-0.39, 0.29) is 18.5 Å². The first kappa shape index (κ1) is 14.9. The van der Waals surface area contributed by atoms with Gasteiger partial charge in [-0.1, -0.05) is 6.07 Å². The number of pyridine rings is 1. The number of hydrogen-bond donors (Lipinski definition) is 1. The zero-order chi connectivity index (χ0) is 12.8. The Morgan fingerprint density at radius 1 is 1.32 bits per heavy atom. The number of rotatable bonds is 5. The molecule has 0 amide bonds. The van der Waals surface area contributed by atoms with Gasteiger partial charge in [-0.2, -0.15) is 0 Å². The van der Waals surface area contributed by atoms with Crippen molar-refractivity contribution >= 4 is 16.9 Å². The average Bonchev–Trinajstić information content (AvgIpc) is 2.39. The molecule has 0 spiro atoms. The highest BCUT2D eigenvalue weighted by atomic mass is 16.5. The third-order valence-electron chi connectivity index (χ3n) is 2.45. The standard InChI is InChI=1S/C14H15NO3.H3N/c1-2-17-14(16)7-9-18-12-5-6-13-11(10-12)4-3-8-15-13;/h3-6,8,10H,2,7,9H2,1H3;1H3. The number of esters is 1. The van der Waals surface area contributed by atoms with Gasteiger partial charge >= 0.3 is 5.97 Å². The third kappa shape index (κ3) is 4.22. The fourth-order valence-electron chi connectivity index (χ4n) is 1.63. The zero-order valence-electron chi connectivity index (χ0n) is 11.0. The minimum Gasteiger partial charge on any atom is -0.493 e. The fraction of sp³-hybridized carbons (Fsp3) is 0.286. The predicted octanol–water partition coefficient (Wildman–Crippen LogP) is 2.73. The zero-order valence-corrected chi connectivity index (χ0v) is 11.0. The van der Waals surface area contributed by atoms with Crippen molar-refractivity contribution in [3.63, 3.8) is 0 Å². The topological polar surface area (TPSA) is 83.4 Å². The second-order valence-corrected chi connectivity index (χ2v) is 3.76. The van der Waals surface area contributed by atoms with Gasteiger partial charge in [0.15, 0.2) is 0 Å². The van der Waals surface area contributed by atoms with Gasteiger partial charge in [0.25, 0.3) is 0 Å². The van der Waals surface area contributed by atoms with E-state index in [1.165, 1.54) is 0 Å². The Kier molecular flexibility index (Phi) is 5.75. The Morgan fingerprint density at radius 2 is 2.16 bits per heavy atom. The van der Waals surface area contributed by atoms with Gasteiger partial charge in [0, 0.05) is 11.6 Å². The number of fused-ring (bicyclic) bond motifs is 1. The molecule has 5 nitrogen and oxygen atoms in total. The summed E-state index contributed by atoms with van der Waals surface area (Å²) in [6, 6.07) is 9.51. The number of ether oxygens (including phenoxy) is 2. The minimum absolute atomic E-state index is 0. The van der Waals surface area contributed by atoms with Crippen LogP contribution in [0.2, 0.25) is 0 Å². The Hall–Kier alpha value is -2.14. The third-order valence-corrected chi connectivity index (χ3v) is 2.45. The summed E-state index contributed by atoms with van der Waals surface area (Å²) in [6.45, 7) is 2.51. The highest BCUT2D eigenvalue weighted by molar-refractivity contribution is 5.79. The molecule has 1 aromatic carbocycles. The van der Waals surface area contributed by atoms with Gasteiger partial charge in [-0.15, -0.1) is 0 Å². The van der Waals surface area contributed by atoms with Gasteiger partial charge in [-0.3, -0.25) is 9.78 Å². The lowest BCUT2D eigenvalue weighted by molar-refractivity contribution is -0.143. The van der Waals surface area contributed by atoms with E-state index in [0.717, 1.165) is 16.7 Å². The quantitative estimate of drug-likeness (QED) is 0.837. The van der Waals surface area contributed by atoms with Crippen molar-refractivity contribution in [2.75, 3.05) is 13.2 Å². The second-order valence-electron chi connectivity index (χ2n) is 3.76. The summed E-state index contributed by atoms with van der Waals surface area (Å²) in [7, 11) is 0. The number of carbonyl (C=O) groups excluding carboxylic acids is 1. The van der Waals surface area contributed by atoms with Crippen molar-refractivity contribution in [3.05, 3.63) is 36.5 Å². The molecule has 0 saturated heterocycles. The Morgan fingerprint density at radius 3 is 2.95 bits per heavy atom. The lowest BCUT2D eigenvalue weighted by Crippen LogP contribution is -2.09.